The van der Waals surface area contributed by atoms with Crippen LogP contribution in [0, 0.1) is 5.92 Å². The van der Waals surface area contributed by atoms with Gasteiger partial charge in [0.1, 0.15) is 0 Å². The fourth-order valence-corrected chi connectivity index (χ4v) is 1.53. The first kappa shape index (κ1) is 11.7. The molecule has 1 rings (SSSR count). The molecule has 0 saturated carbocycles. The minimum atomic E-state index is -0.442. The summed E-state index contributed by atoms with van der Waals surface area (Å²) in [7, 11) is 0. The lowest BCUT2D eigenvalue weighted by atomic mass is 10.2. The van der Waals surface area contributed by atoms with Gasteiger partial charge in [0.25, 0.3) is 5.91 Å². The number of urea groups is 1. The van der Waals surface area contributed by atoms with E-state index in [-0.39, 0.29) is 5.91 Å². The Kier molecular flexibility index (Phi) is 4.30. The van der Waals surface area contributed by atoms with Gasteiger partial charge < -0.3 is 5.32 Å². The first-order valence-electron chi connectivity index (χ1n) is 4.72. The van der Waals surface area contributed by atoms with Crippen LogP contribution >= 0.6 is 11.3 Å². The molecule has 0 unspecified atom stereocenters. The van der Waals surface area contributed by atoms with Crippen LogP contribution < -0.4 is 10.6 Å². The fourth-order valence-electron chi connectivity index (χ4n) is 0.913. The van der Waals surface area contributed by atoms with Crippen molar-refractivity contribution in [3.8, 4) is 0 Å². The summed E-state index contributed by atoms with van der Waals surface area (Å²) in [5.41, 5.74) is 0. The van der Waals surface area contributed by atoms with Crippen molar-refractivity contribution in [1.82, 2.24) is 10.6 Å². The maximum atomic E-state index is 11.4. The molecule has 15 heavy (non-hydrogen) atoms. The highest BCUT2D eigenvalue weighted by Crippen LogP contribution is 2.07. The van der Waals surface area contributed by atoms with Crippen LogP contribution in [0.15, 0.2) is 17.5 Å². The summed E-state index contributed by atoms with van der Waals surface area (Å²) in [6.45, 7) is 4.53. The van der Waals surface area contributed by atoms with E-state index in [1.165, 1.54) is 11.3 Å². The summed E-state index contributed by atoms with van der Waals surface area (Å²) in [5, 5.41) is 6.66. The number of thiophene rings is 1. The molecule has 1 aromatic rings. The van der Waals surface area contributed by atoms with Crippen LogP contribution in [-0.2, 0) is 0 Å². The first-order valence-corrected chi connectivity index (χ1v) is 5.60. The molecular weight excluding hydrogens is 212 g/mol. The third kappa shape index (κ3) is 4.12. The van der Waals surface area contributed by atoms with Gasteiger partial charge in [0.15, 0.2) is 0 Å². The van der Waals surface area contributed by atoms with Crippen molar-refractivity contribution in [3.63, 3.8) is 0 Å². The van der Waals surface area contributed by atoms with Crippen molar-refractivity contribution in [3.05, 3.63) is 22.4 Å². The zero-order chi connectivity index (χ0) is 11.3. The van der Waals surface area contributed by atoms with Gasteiger partial charge in [-0.2, -0.15) is 0 Å². The molecule has 0 fully saturated rings. The Balaban J connectivity index is 2.36. The van der Waals surface area contributed by atoms with Gasteiger partial charge in [-0.05, 0) is 17.4 Å². The maximum Gasteiger partial charge on any atom is 0.321 e. The van der Waals surface area contributed by atoms with Gasteiger partial charge in [0.2, 0.25) is 0 Å². The summed E-state index contributed by atoms with van der Waals surface area (Å²) in [5.74, 6) is 0.0128. The van der Waals surface area contributed by atoms with Crippen LogP contribution in [0.1, 0.15) is 23.5 Å². The standard InChI is InChI=1S/C10H14N2O2S/c1-7(2)6-11-10(14)12-9(13)8-4-3-5-15-8/h3-5,7H,6H2,1-2H3,(H2,11,12,13,14). The Morgan fingerprint density at radius 1 is 1.47 bits per heavy atom. The Labute approximate surface area is 92.7 Å². The van der Waals surface area contributed by atoms with Gasteiger partial charge in [0.05, 0.1) is 4.88 Å². The number of imide groups is 1. The summed E-state index contributed by atoms with van der Waals surface area (Å²) in [6, 6.07) is 3.00. The summed E-state index contributed by atoms with van der Waals surface area (Å²) >= 11 is 1.31. The van der Waals surface area contributed by atoms with E-state index in [4.69, 9.17) is 0 Å². The van der Waals surface area contributed by atoms with E-state index in [1.807, 2.05) is 13.8 Å². The fraction of sp³-hybridized carbons (Fsp3) is 0.400. The van der Waals surface area contributed by atoms with Crippen LogP contribution in [0.4, 0.5) is 4.79 Å². The van der Waals surface area contributed by atoms with E-state index in [0.717, 1.165) is 0 Å². The Hall–Kier alpha value is -1.36. The normalized spacial score (nSPS) is 10.1. The number of rotatable bonds is 3. The average Bonchev–Trinajstić information content (AvgIpc) is 2.67. The molecule has 0 bridgehead atoms. The lowest BCUT2D eigenvalue weighted by Gasteiger charge is -2.07. The SMILES string of the molecule is CC(C)CNC(=O)NC(=O)c1cccs1. The molecule has 82 valence electrons. The van der Waals surface area contributed by atoms with Crippen LogP contribution in [0.2, 0.25) is 0 Å². The van der Waals surface area contributed by atoms with Crippen molar-refractivity contribution in [1.29, 1.82) is 0 Å². The van der Waals surface area contributed by atoms with Crippen LogP contribution in [0.25, 0.3) is 0 Å². The maximum absolute atomic E-state index is 11.4. The summed E-state index contributed by atoms with van der Waals surface area (Å²) in [4.78, 5) is 23.2. The number of hydrogen-bond donors (Lipinski definition) is 2. The van der Waals surface area contributed by atoms with Crippen LogP contribution in [-0.4, -0.2) is 18.5 Å². The molecule has 0 saturated heterocycles. The third-order valence-electron chi connectivity index (χ3n) is 1.64. The molecular formula is C10H14N2O2S. The molecule has 4 nitrogen and oxygen atoms in total. The number of amides is 3. The number of nitrogens with one attached hydrogen (secondary N) is 2. The zero-order valence-electron chi connectivity index (χ0n) is 8.74. The lowest BCUT2D eigenvalue weighted by molar-refractivity contribution is 0.0968. The van der Waals surface area contributed by atoms with Crippen molar-refractivity contribution in [2.45, 2.75) is 13.8 Å². The Bertz CT molecular complexity index is 333. The lowest BCUT2D eigenvalue weighted by Crippen LogP contribution is -2.40. The van der Waals surface area contributed by atoms with Gasteiger partial charge in [0, 0.05) is 6.54 Å². The molecule has 0 aliphatic rings. The predicted molar refractivity (Wildman–Crippen MR) is 60.0 cm³/mol. The van der Waals surface area contributed by atoms with Gasteiger partial charge in [-0.15, -0.1) is 11.3 Å². The topological polar surface area (TPSA) is 58.2 Å². The van der Waals surface area contributed by atoms with Gasteiger partial charge in [-0.3, -0.25) is 10.1 Å². The molecule has 0 spiro atoms. The third-order valence-corrected chi connectivity index (χ3v) is 2.51. The minimum Gasteiger partial charge on any atom is -0.338 e. The molecule has 0 radical (unpaired) electrons. The quantitative estimate of drug-likeness (QED) is 0.826. The van der Waals surface area contributed by atoms with Gasteiger partial charge in [-0.25, -0.2) is 4.79 Å². The van der Waals surface area contributed by atoms with Crippen molar-refractivity contribution in [2.24, 2.45) is 5.92 Å². The largest absolute Gasteiger partial charge is 0.338 e. The Morgan fingerprint density at radius 3 is 2.73 bits per heavy atom. The molecule has 0 aliphatic heterocycles. The van der Waals surface area contributed by atoms with Gasteiger partial charge in [-0.1, -0.05) is 19.9 Å². The van der Waals surface area contributed by atoms with E-state index in [1.54, 1.807) is 17.5 Å². The van der Waals surface area contributed by atoms with Crippen molar-refractivity contribution < 1.29 is 9.59 Å². The van der Waals surface area contributed by atoms with E-state index in [9.17, 15) is 9.59 Å². The van der Waals surface area contributed by atoms with E-state index >= 15 is 0 Å². The smallest absolute Gasteiger partial charge is 0.321 e. The van der Waals surface area contributed by atoms with Gasteiger partial charge >= 0.3 is 6.03 Å². The van der Waals surface area contributed by atoms with Crippen LogP contribution in [0.3, 0.4) is 0 Å². The number of hydrogen-bond acceptors (Lipinski definition) is 3. The van der Waals surface area contributed by atoms with E-state index < -0.39 is 6.03 Å². The molecule has 3 amide bonds. The number of carbonyl (C=O) groups excluding carboxylic acids is 2. The molecule has 0 aromatic carbocycles. The first-order chi connectivity index (χ1) is 7.09. The second kappa shape index (κ2) is 5.50. The van der Waals surface area contributed by atoms with E-state index in [0.29, 0.717) is 17.3 Å². The van der Waals surface area contributed by atoms with E-state index in [2.05, 4.69) is 10.6 Å². The molecule has 5 heteroatoms. The predicted octanol–water partition coefficient (Wildman–Crippen LogP) is 1.84. The second-order valence-corrected chi connectivity index (χ2v) is 4.48. The Morgan fingerprint density at radius 2 is 2.20 bits per heavy atom. The molecule has 0 atom stereocenters. The highest BCUT2D eigenvalue weighted by atomic mass is 32.1. The number of carbonyl (C=O) groups is 2. The molecule has 2 N–H and O–H groups in total. The molecule has 1 aromatic heterocycles. The molecule has 0 aliphatic carbocycles. The monoisotopic (exact) mass is 226 g/mol. The van der Waals surface area contributed by atoms with Crippen LogP contribution in [0.5, 0.6) is 0 Å². The van der Waals surface area contributed by atoms with Crippen molar-refractivity contribution >= 4 is 23.3 Å². The summed E-state index contributed by atoms with van der Waals surface area (Å²) in [6.07, 6.45) is 0. The highest BCUT2D eigenvalue weighted by Gasteiger charge is 2.10. The second-order valence-electron chi connectivity index (χ2n) is 3.54. The summed E-state index contributed by atoms with van der Waals surface area (Å²) < 4.78 is 0. The molecule has 1 heterocycles. The average molecular weight is 226 g/mol. The van der Waals surface area contributed by atoms with Crippen molar-refractivity contribution in [2.75, 3.05) is 6.54 Å². The minimum absolute atomic E-state index is 0.355. The zero-order valence-corrected chi connectivity index (χ0v) is 9.56. The highest BCUT2D eigenvalue weighted by molar-refractivity contribution is 7.12.